The zero-order chi connectivity index (χ0) is 15.5. The van der Waals surface area contributed by atoms with Crippen LogP contribution in [0.2, 0.25) is 0 Å². The third-order valence-corrected chi connectivity index (χ3v) is 4.15. The molecule has 2 N–H and O–H groups in total. The van der Waals surface area contributed by atoms with Gasteiger partial charge in [-0.25, -0.2) is 9.37 Å². The number of aryl methyl sites for hydroxylation is 1. The largest absolute Gasteiger partial charge is 0.383 e. The molecule has 0 atom stereocenters. The summed E-state index contributed by atoms with van der Waals surface area (Å²) in [7, 11) is -3.85. The van der Waals surface area contributed by atoms with E-state index in [9.17, 15) is 12.8 Å². The summed E-state index contributed by atoms with van der Waals surface area (Å²) >= 11 is 0. The minimum Gasteiger partial charge on any atom is -0.383 e. The number of benzene rings is 1. The molecule has 1 heterocycles. The Balaban J connectivity index is 2.39. The topological polar surface area (TPSA) is 71.1 Å². The van der Waals surface area contributed by atoms with E-state index in [2.05, 4.69) is 15.0 Å². The molecule has 0 amide bonds. The molecular formula is C14H16FN3O2S. The first-order valence-electron chi connectivity index (χ1n) is 6.42. The van der Waals surface area contributed by atoms with Crippen LogP contribution in [0.25, 0.3) is 0 Å². The maximum absolute atomic E-state index is 13.1. The van der Waals surface area contributed by atoms with Crippen LogP contribution in [0.15, 0.2) is 41.6 Å². The fraction of sp³-hybridized carbons (Fsp3) is 0.214. The van der Waals surface area contributed by atoms with E-state index in [-0.39, 0.29) is 5.03 Å². The van der Waals surface area contributed by atoms with E-state index < -0.39 is 15.8 Å². The zero-order valence-electron chi connectivity index (χ0n) is 11.7. The monoisotopic (exact) mass is 309 g/mol. The molecular weight excluding hydrogens is 293 g/mol. The summed E-state index contributed by atoms with van der Waals surface area (Å²) in [5.41, 5.74) is 1.25. The SMILES string of the molecule is CCNc1cccnc1S(=O)(=O)Nc1ccc(F)cc1C. The molecule has 0 saturated carbocycles. The maximum Gasteiger partial charge on any atom is 0.281 e. The smallest absolute Gasteiger partial charge is 0.281 e. The summed E-state index contributed by atoms with van der Waals surface area (Å²) in [4.78, 5) is 3.93. The normalized spacial score (nSPS) is 11.2. The van der Waals surface area contributed by atoms with E-state index in [1.807, 2.05) is 6.92 Å². The van der Waals surface area contributed by atoms with E-state index in [0.717, 1.165) is 0 Å². The number of rotatable bonds is 5. The highest BCUT2D eigenvalue weighted by molar-refractivity contribution is 7.92. The van der Waals surface area contributed by atoms with Crippen LogP contribution in [0.3, 0.4) is 0 Å². The van der Waals surface area contributed by atoms with Gasteiger partial charge in [0, 0.05) is 12.7 Å². The van der Waals surface area contributed by atoms with Crippen LogP contribution in [0, 0.1) is 12.7 Å². The molecule has 5 nitrogen and oxygen atoms in total. The van der Waals surface area contributed by atoms with Gasteiger partial charge in [-0.3, -0.25) is 4.72 Å². The van der Waals surface area contributed by atoms with E-state index in [4.69, 9.17) is 0 Å². The third kappa shape index (κ3) is 3.49. The second kappa shape index (κ2) is 6.09. The number of halogens is 1. The average molecular weight is 309 g/mol. The summed E-state index contributed by atoms with van der Waals surface area (Å²) in [6.07, 6.45) is 1.41. The molecule has 0 bridgehead atoms. The minimum atomic E-state index is -3.85. The van der Waals surface area contributed by atoms with Gasteiger partial charge in [-0.2, -0.15) is 8.42 Å². The van der Waals surface area contributed by atoms with Crippen LogP contribution in [0.5, 0.6) is 0 Å². The maximum atomic E-state index is 13.1. The summed E-state index contributed by atoms with van der Waals surface area (Å²) in [5, 5.41) is 2.86. The van der Waals surface area contributed by atoms with Crippen LogP contribution in [-0.2, 0) is 10.0 Å². The molecule has 7 heteroatoms. The van der Waals surface area contributed by atoms with Crippen LogP contribution in [0.4, 0.5) is 15.8 Å². The van der Waals surface area contributed by atoms with Gasteiger partial charge in [-0.1, -0.05) is 0 Å². The lowest BCUT2D eigenvalue weighted by Crippen LogP contribution is -2.17. The molecule has 0 fully saturated rings. The second-order valence-corrected chi connectivity index (χ2v) is 6.05. The van der Waals surface area contributed by atoms with Crippen molar-refractivity contribution in [2.24, 2.45) is 0 Å². The Morgan fingerprint density at radius 2 is 2.00 bits per heavy atom. The molecule has 112 valence electrons. The zero-order valence-corrected chi connectivity index (χ0v) is 12.5. The van der Waals surface area contributed by atoms with Gasteiger partial charge in [0.15, 0.2) is 5.03 Å². The van der Waals surface area contributed by atoms with Gasteiger partial charge in [0.05, 0.1) is 11.4 Å². The molecule has 0 aliphatic rings. The molecule has 0 radical (unpaired) electrons. The van der Waals surface area contributed by atoms with Gasteiger partial charge in [-0.05, 0) is 49.7 Å². The molecule has 2 rings (SSSR count). The van der Waals surface area contributed by atoms with Gasteiger partial charge >= 0.3 is 0 Å². The van der Waals surface area contributed by atoms with Crippen molar-refractivity contribution in [2.75, 3.05) is 16.6 Å². The Bertz CT molecular complexity index is 748. The van der Waals surface area contributed by atoms with E-state index >= 15 is 0 Å². The first kappa shape index (κ1) is 15.2. The quantitative estimate of drug-likeness (QED) is 0.891. The van der Waals surface area contributed by atoms with Crippen molar-refractivity contribution < 1.29 is 12.8 Å². The first-order chi connectivity index (χ1) is 9.94. The van der Waals surface area contributed by atoms with Crippen molar-refractivity contribution in [3.63, 3.8) is 0 Å². The molecule has 0 saturated heterocycles. The number of hydrogen-bond donors (Lipinski definition) is 2. The highest BCUT2D eigenvalue weighted by Gasteiger charge is 2.20. The van der Waals surface area contributed by atoms with Crippen LogP contribution < -0.4 is 10.0 Å². The number of nitrogens with one attached hydrogen (secondary N) is 2. The summed E-state index contributed by atoms with van der Waals surface area (Å²) < 4.78 is 40.4. The molecule has 1 aromatic heterocycles. The van der Waals surface area contributed by atoms with Crippen molar-refractivity contribution in [3.8, 4) is 0 Å². The van der Waals surface area contributed by atoms with E-state index in [1.54, 1.807) is 19.1 Å². The number of anilines is 2. The van der Waals surface area contributed by atoms with Crippen LogP contribution >= 0.6 is 0 Å². The van der Waals surface area contributed by atoms with Gasteiger partial charge in [0.2, 0.25) is 0 Å². The molecule has 0 aliphatic carbocycles. The molecule has 21 heavy (non-hydrogen) atoms. The molecule has 0 spiro atoms. The fourth-order valence-electron chi connectivity index (χ4n) is 1.86. The second-order valence-electron chi connectivity index (χ2n) is 4.45. The van der Waals surface area contributed by atoms with Gasteiger partial charge < -0.3 is 5.32 Å². The van der Waals surface area contributed by atoms with Crippen molar-refractivity contribution in [2.45, 2.75) is 18.9 Å². The van der Waals surface area contributed by atoms with Crippen molar-refractivity contribution in [1.82, 2.24) is 4.98 Å². The average Bonchev–Trinajstić information content (AvgIpc) is 2.43. The number of sulfonamides is 1. The third-order valence-electron chi connectivity index (χ3n) is 2.83. The Kier molecular flexibility index (Phi) is 4.42. The first-order valence-corrected chi connectivity index (χ1v) is 7.90. The van der Waals surface area contributed by atoms with Crippen LogP contribution in [0.1, 0.15) is 12.5 Å². The van der Waals surface area contributed by atoms with Crippen molar-refractivity contribution in [1.29, 1.82) is 0 Å². The van der Waals surface area contributed by atoms with Crippen molar-refractivity contribution in [3.05, 3.63) is 47.9 Å². The van der Waals surface area contributed by atoms with Crippen molar-refractivity contribution >= 4 is 21.4 Å². The standard InChI is InChI=1S/C14H16FN3O2S/c1-3-16-13-5-4-8-17-14(13)21(19,20)18-12-7-6-11(15)9-10(12)2/h4-9,16,18H,3H2,1-2H3. The highest BCUT2D eigenvalue weighted by atomic mass is 32.2. The highest BCUT2D eigenvalue weighted by Crippen LogP contribution is 2.23. The summed E-state index contributed by atoms with van der Waals surface area (Å²) in [5.74, 6) is -0.415. The lowest BCUT2D eigenvalue weighted by Gasteiger charge is -2.13. The Morgan fingerprint density at radius 1 is 1.24 bits per heavy atom. The Morgan fingerprint density at radius 3 is 2.67 bits per heavy atom. The van der Waals surface area contributed by atoms with E-state index in [0.29, 0.717) is 23.5 Å². The van der Waals surface area contributed by atoms with E-state index in [1.165, 1.54) is 24.4 Å². The lowest BCUT2D eigenvalue weighted by atomic mass is 10.2. The van der Waals surface area contributed by atoms with Gasteiger partial charge in [-0.15, -0.1) is 0 Å². The molecule has 2 aromatic rings. The molecule has 0 unspecified atom stereocenters. The summed E-state index contributed by atoms with van der Waals surface area (Å²) in [6, 6.07) is 7.15. The van der Waals surface area contributed by atoms with Crippen LogP contribution in [-0.4, -0.2) is 19.9 Å². The molecule has 0 aliphatic heterocycles. The molecule has 1 aromatic carbocycles. The fourth-order valence-corrected chi connectivity index (χ4v) is 3.11. The lowest BCUT2D eigenvalue weighted by molar-refractivity contribution is 0.597. The number of nitrogens with zero attached hydrogens (tertiary/aromatic N) is 1. The predicted molar refractivity (Wildman–Crippen MR) is 80.3 cm³/mol. The number of pyridine rings is 1. The number of hydrogen-bond acceptors (Lipinski definition) is 4. The van der Waals surface area contributed by atoms with Gasteiger partial charge in [0.1, 0.15) is 5.82 Å². The minimum absolute atomic E-state index is 0.0874. The Hall–Kier alpha value is -2.15. The number of aromatic nitrogens is 1. The Labute approximate surface area is 123 Å². The van der Waals surface area contributed by atoms with Gasteiger partial charge in [0.25, 0.3) is 10.0 Å². The predicted octanol–water partition coefficient (Wildman–Crippen LogP) is 2.76. The summed E-state index contributed by atoms with van der Waals surface area (Å²) in [6.45, 7) is 4.06.